The van der Waals surface area contributed by atoms with Crippen molar-refractivity contribution in [2.75, 3.05) is 0 Å². The van der Waals surface area contributed by atoms with Gasteiger partial charge in [0.2, 0.25) is 0 Å². The number of thioether (sulfide) groups is 1. The van der Waals surface area contributed by atoms with Crippen molar-refractivity contribution < 1.29 is 14.6 Å². The number of carboxylic acids is 1. The highest BCUT2D eigenvalue weighted by molar-refractivity contribution is 7.98. The molecule has 1 aromatic heterocycles. The summed E-state index contributed by atoms with van der Waals surface area (Å²) < 4.78 is 7.69. The minimum absolute atomic E-state index is 0.0996. The van der Waals surface area contributed by atoms with Gasteiger partial charge in [0.1, 0.15) is 12.4 Å². The molecule has 0 atom stereocenters. The minimum Gasteiger partial charge on any atom is -0.489 e. The van der Waals surface area contributed by atoms with E-state index in [0.29, 0.717) is 18.1 Å². The molecule has 1 aliphatic heterocycles. The lowest BCUT2D eigenvalue weighted by atomic mass is 10.1. The van der Waals surface area contributed by atoms with Crippen LogP contribution in [0.15, 0.2) is 83.8 Å². The van der Waals surface area contributed by atoms with Gasteiger partial charge in [-0.2, -0.15) is 5.10 Å². The fraction of sp³-hybridized carbons (Fsp3) is 0.0833. The number of aromatic carboxylic acids is 1. The van der Waals surface area contributed by atoms with Crippen LogP contribution in [-0.4, -0.2) is 20.9 Å². The topological polar surface area (TPSA) is 64.3 Å². The fourth-order valence-electron chi connectivity index (χ4n) is 3.61. The average molecular weight is 414 g/mol. The molecule has 30 heavy (non-hydrogen) atoms. The summed E-state index contributed by atoms with van der Waals surface area (Å²) in [6, 6.07) is 25.6. The average Bonchev–Trinajstić information content (AvgIpc) is 3.19. The van der Waals surface area contributed by atoms with Crippen molar-refractivity contribution in [3.8, 4) is 22.7 Å². The van der Waals surface area contributed by atoms with E-state index in [1.54, 1.807) is 16.4 Å². The van der Waals surface area contributed by atoms with Crippen LogP contribution in [0.1, 0.15) is 21.6 Å². The van der Waals surface area contributed by atoms with E-state index in [9.17, 15) is 9.90 Å². The minimum atomic E-state index is -1.01. The molecule has 6 heteroatoms. The highest BCUT2D eigenvalue weighted by atomic mass is 32.2. The fourth-order valence-corrected chi connectivity index (χ4v) is 4.67. The van der Waals surface area contributed by atoms with Crippen LogP contribution in [0.5, 0.6) is 5.75 Å². The van der Waals surface area contributed by atoms with Gasteiger partial charge in [0.25, 0.3) is 0 Å². The Morgan fingerprint density at radius 3 is 2.67 bits per heavy atom. The molecule has 4 aromatic rings. The van der Waals surface area contributed by atoms with Crippen LogP contribution in [0.4, 0.5) is 0 Å². The van der Waals surface area contributed by atoms with Crippen LogP contribution in [-0.2, 0) is 12.4 Å². The van der Waals surface area contributed by atoms with Gasteiger partial charge in [-0.05, 0) is 23.8 Å². The monoisotopic (exact) mass is 414 g/mol. The van der Waals surface area contributed by atoms with Gasteiger partial charge >= 0.3 is 5.97 Å². The smallest absolute Gasteiger partial charge is 0.356 e. The maximum absolute atomic E-state index is 11.8. The second kappa shape index (κ2) is 7.72. The summed E-state index contributed by atoms with van der Waals surface area (Å²) in [5, 5.41) is 14.2. The van der Waals surface area contributed by atoms with E-state index < -0.39 is 5.97 Å². The Morgan fingerprint density at radius 2 is 1.83 bits per heavy atom. The maximum Gasteiger partial charge on any atom is 0.356 e. The number of nitrogens with zero attached hydrogens (tertiary/aromatic N) is 2. The van der Waals surface area contributed by atoms with Crippen molar-refractivity contribution in [2.24, 2.45) is 0 Å². The molecule has 0 fully saturated rings. The zero-order valence-electron chi connectivity index (χ0n) is 16.0. The predicted octanol–water partition coefficient (Wildman–Crippen LogP) is 5.42. The van der Waals surface area contributed by atoms with E-state index in [1.807, 2.05) is 72.8 Å². The van der Waals surface area contributed by atoms with Gasteiger partial charge in [-0.25, -0.2) is 9.48 Å². The lowest BCUT2D eigenvalue weighted by molar-refractivity contribution is 0.0689. The first kappa shape index (κ1) is 18.5. The summed E-state index contributed by atoms with van der Waals surface area (Å²) >= 11 is 1.64. The number of carboxylic acid groups (broad SMARTS) is 1. The zero-order chi connectivity index (χ0) is 20.5. The highest BCUT2D eigenvalue weighted by Crippen LogP contribution is 2.43. The molecule has 2 heterocycles. The summed E-state index contributed by atoms with van der Waals surface area (Å²) in [5.41, 5.74) is 4.54. The number of hydrogen-bond donors (Lipinski definition) is 1. The van der Waals surface area contributed by atoms with Crippen LogP contribution >= 0.6 is 11.8 Å². The van der Waals surface area contributed by atoms with Crippen LogP contribution in [0.2, 0.25) is 0 Å². The van der Waals surface area contributed by atoms with Crippen LogP contribution < -0.4 is 4.74 Å². The molecular formula is C24H18N2O3S. The van der Waals surface area contributed by atoms with Crippen molar-refractivity contribution in [2.45, 2.75) is 17.3 Å². The molecule has 1 aliphatic rings. The van der Waals surface area contributed by atoms with Gasteiger partial charge in [-0.1, -0.05) is 54.6 Å². The molecule has 1 N–H and O–H groups in total. The van der Waals surface area contributed by atoms with Crippen molar-refractivity contribution in [1.29, 1.82) is 0 Å². The number of fused-ring (bicyclic) bond motifs is 3. The van der Waals surface area contributed by atoms with Gasteiger partial charge < -0.3 is 9.84 Å². The number of ether oxygens (including phenoxy) is 1. The lowest BCUT2D eigenvalue weighted by Gasteiger charge is -2.18. The van der Waals surface area contributed by atoms with Crippen molar-refractivity contribution in [3.63, 3.8) is 0 Å². The molecule has 0 amide bonds. The molecule has 148 valence electrons. The molecule has 0 radical (unpaired) electrons. The van der Waals surface area contributed by atoms with Crippen LogP contribution in [0, 0.1) is 0 Å². The molecule has 3 aromatic carbocycles. The first-order chi connectivity index (χ1) is 14.7. The SMILES string of the molecule is O=C(O)c1nn(-c2cccc(OCc3ccccc3)c2)c2c1CSc1ccccc1-2. The number of aromatic nitrogens is 2. The molecular weight excluding hydrogens is 396 g/mol. The Morgan fingerprint density at radius 1 is 1.03 bits per heavy atom. The van der Waals surface area contributed by atoms with Crippen molar-refractivity contribution in [1.82, 2.24) is 9.78 Å². The summed E-state index contributed by atoms with van der Waals surface area (Å²) in [6.45, 7) is 0.460. The van der Waals surface area contributed by atoms with E-state index in [2.05, 4.69) is 11.2 Å². The molecule has 0 aliphatic carbocycles. The largest absolute Gasteiger partial charge is 0.489 e. The summed E-state index contributed by atoms with van der Waals surface area (Å²) in [6.07, 6.45) is 0. The molecule has 0 unspecified atom stereocenters. The van der Waals surface area contributed by atoms with E-state index in [1.165, 1.54) is 0 Å². The Kier molecular flexibility index (Phi) is 4.77. The number of carbonyl (C=O) groups is 1. The summed E-state index contributed by atoms with van der Waals surface area (Å²) in [4.78, 5) is 13.0. The zero-order valence-corrected chi connectivity index (χ0v) is 16.8. The quantitative estimate of drug-likeness (QED) is 0.472. The molecule has 0 saturated carbocycles. The lowest BCUT2D eigenvalue weighted by Crippen LogP contribution is -2.03. The van der Waals surface area contributed by atoms with Gasteiger partial charge in [-0.3, -0.25) is 0 Å². The predicted molar refractivity (Wildman–Crippen MR) is 116 cm³/mol. The van der Waals surface area contributed by atoms with E-state index in [0.717, 1.165) is 33.0 Å². The Balaban J connectivity index is 1.56. The Bertz CT molecular complexity index is 1230. The van der Waals surface area contributed by atoms with Crippen molar-refractivity contribution in [3.05, 3.63) is 95.7 Å². The van der Waals surface area contributed by atoms with Gasteiger partial charge in [0.15, 0.2) is 5.69 Å². The van der Waals surface area contributed by atoms with Gasteiger partial charge in [0, 0.05) is 27.8 Å². The standard InChI is InChI=1S/C24H18N2O3S/c27-24(28)22-20-15-30-21-12-5-4-11-19(21)23(20)26(25-22)17-9-6-10-18(13-17)29-14-16-7-2-1-3-8-16/h1-13H,14-15H2,(H,27,28). The van der Waals surface area contributed by atoms with Gasteiger partial charge in [-0.15, -0.1) is 11.8 Å². The third kappa shape index (κ3) is 3.35. The van der Waals surface area contributed by atoms with E-state index >= 15 is 0 Å². The summed E-state index contributed by atoms with van der Waals surface area (Å²) in [5.74, 6) is 0.274. The molecule has 0 bridgehead atoms. The number of benzene rings is 3. The number of rotatable bonds is 5. The highest BCUT2D eigenvalue weighted by Gasteiger charge is 2.29. The maximum atomic E-state index is 11.8. The first-order valence-corrected chi connectivity index (χ1v) is 10.5. The Hall–Kier alpha value is -3.51. The van der Waals surface area contributed by atoms with Crippen molar-refractivity contribution >= 4 is 17.7 Å². The molecule has 5 nitrogen and oxygen atoms in total. The third-order valence-electron chi connectivity index (χ3n) is 5.01. The van der Waals surface area contributed by atoms with Gasteiger partial charge in [0.05, 0.1) is 11.4 Å². The second-order valence-electron chi connectivity index (χ2n) is 6.95. The Labute approximate surface area is 177 Å². The normalized spacial score (nSPS) is 12.1. The molecule has 0 spiro atoms. The summed E-state index contributed by atoms with van der Waals surface area (Å²) in [7, 11) is 0. The number of hydrogen-bond acceptors (Lipinski definition) is 4. The van der Waals surface area contributed by atoms with Crippen LogP contribution in [0.25, 0.3) is 16.9 Å². The van der Waals surface area contributed by atoms with E-state index in [4.69, 9.17) is 4.74 Å². The van der Waals surface area contributed by atoms with Crippen LogP contribution in [0.3, 0.4) is 0 Å². The first-order valence-electron chi connectivity index (χ1n) is 9.55. The third-order valence-corrected chi connectivity index (χ3v) is 6.11. The second-order valence-corrected chi connectivity index (χ2v) is 7.97. The molecule has 5 rings (SSSR count). The van der Waals surface area contributed by atoms with E-state index in [-0.39, 0.29) is 5.69 Å². The molecule has 0 saturated heterocycles.